The summed E-state index contributed by atoms with van der Waals surface area (Å²) in [4.78, 5) is 24.8. The highest BCUT2D eigenvalue weighted by Gasteiger charge is 2.11. The third kappa shape index (κ3) is 3.97. The number of thiazole rings is 1. The number of amides is 1. The molecule has 3 N–H and O–H groups in total. The Balaban J connectivity index is 1.51. The van der Waals surface area contributed by atoms with Crippen molar-refractivity contribution in [2.75, 3.05) is 13.1 Å². The number of carbonyl (C=O) groups is 1. The van der Waals surface area contributed by atoms with Crippen molar-refractivity contribution in [1.82, 2.24) is 35.3 Å². The van der Waals surface area contributed by atoms with Crippen molar-refractivity contribution in [3.63, 3.8) is 0 Å². The summed E-state index contributed by atoms with van der Waals surface area (Å²) in [6.45, 7) is 1.44. The van der Waals surface area contributed by atoms with E-state index in [0.717, 1.165) is 10.7 Å². The van der Waals surface area contributed by atoms with E-state index in [9.17, 15) is 4.79 Å². The summed E-state index contributed by atoms with van der Waals surface area (Å²) in [6, 6.07) is 1.76. The zero-order chi connectivity index (χ0) is 16.8. The standard InChI is InChI=1S/C14H16N8OS/c15-3-7-22-8-11(20-21-22)13(23)18-6-2-10-9-24-14(19-10)12-16-4-1-5-17-12/h1,4-5,8-9H,2-3,6-7,15H2,(H,18,23). The van der Waals surface area contributed by atoms with Crippen LogP contribution in [0, 0.1) is 0 Å². The maximum atomic E-state index is 12.0. The first-order valence-corrected chi connectivity index (χ1v) is 8.24. The number of nitrogens with two attached hydrogens (primary N) is 1. The van der Waals surface area contributed by atoms with E-state index in [-0.39, 0.29) is 11.6 Å². The molecule has 0 atom stereocenters. The van der Waals surface area contributed by atoms with Crippen LogP contribution >= 0.6 is 11.3 Å². The average molecular weight is 344 g/mol. The lowest BCUT2D eigenvalue weighted by Crippen LogP contribution is -2.26. The highest BCUT2D eigenvalue weighted by atomic mass is 32.1. The molecule has 1 amide bonds. The largest absolute Gasteiger partial charge is 0.350 e. The van der Waals surface area contributed by atoms with Crippen LogP contribution in [0.15, 0.2) is 30.0 Å². The first-order valence-electron chi connectivity index (χ1n) is 7.36. The van der Waals surface area contributed by atoms with Gasteiger partial charge in [0.1, 0.15) is 0 Å². The topological polar surface area (TPSA) is 124 Å². The van der Waals surface area contributed by atoms with Gasteiger partial charge in [-0.2, -0.15) is 0 Å². The van der Waals surface area contributed by atoms with Crippen LogP contribution in [0.5, 0.6) is 0 Å². The van der Waals surface area contributed by atoms with Crippen LogP contribution in [0.3, 0.4) is 0 Å². The number of aromatic nitrogens is 6. The zero-order valence-electron chi connectivity index (χ0n) is 12.8. The van der Waals surface area contributed by atoms with Gasteiger partial charge >= 0.3 is 0 Å². The molecule has 10 heteroatoms. The van der Waals surface area contributed by atoms with E-state index in [0.29, 0.717) is 31.9 Å². The number of hydrogen-bond acceptors (Lipinski definition) is 8. The third-order valence-electron chi connectivity index (χ3n) is 3.10. The summed E-state index contributed by atoms with van der Waals surface area (Å²) in [5, 5.41) is 13.2. The summed E-state index contributed by atoms with van der Waals surface area (Å²) < 4.78 is 1.54. The van der Waals surface area contributed by atoms with Gasteiger partial charge in [-0.05, 0) is 6.07 Å². The average Bonchev–Trinajstić information content (AvgIpc) is 3.26. The van der Waals surface area contributed by atoms with Crippen molar-refractivity contribution >= 4 is 17.2 Å². The van der Waals surface area contributed by atoms with Crippen LogP contribution in [-0.4, -0.2) is 48.9 Å². The third-order valence-corrected chi connectivity index (χ3v) is 3.99. The molecule has 0 radical (unpaired) electrons. The maximum absolute atomic E-state index is 12.0. The van der Waals surface area contributed by atoms with E-state index in [2.05, 4.69) is 30.6 Å². The summed E-state index contributed by atoms with van der Waals surface area (Å²) >= 11 is 1.48. The van der Waals surface area contributed by atoms with E-state index in [1.807, 2.05) is 5.38 Å². The van der Waals surface area contributed by atoms with E-state index < -0.39 is 0 Å². The van der Waals surface area contributed by atoms with E-state index >= 15 is 0 Å². The molecule has 9 nitrogen and oxygen atoms in total. The number of hydrogen-bond donors (Lipinski definition) is 2. The van der Waals surface area contributed by atoms with Crippen molar-refractivity contribution in [3.8, 4) is 10.8 Å². The van der Waals surface area contributed by atoms with Crippen LogP contribution in [0.25, 0.3) is 10.8 Å². The molecule has 3 aromatic rings. The van der Waals surface area contributed by atoms with Crippen LogP contribution in [0.2, 0.25) is 0 Å². The molecule has 24 heavy (non-hydrogen) atoms. The Morgan fingerprint density at radius 1 is 1.33 bits per heavy atom. The second kappa shape index (κ2) is 7.70. The number of nitrogens with one attached hydrogen (secondary N) is 1. The number of carbonyl (C=O) groups excluding carboxylic acids is 1. The quantitative estimate of drug-likeness (QED) is 0.624. The summed E-state index contributed by atoms with van der Waals surface area (Å²) in [5.74, 6) is 0.342. The molecule has 3 heterocycles. The van der Waals surface area contributed by atoms with Gasteiger partial charge in [-0.15, -0.1) is 16.4 Å². The van der Waals surface area contributed by atoms with Gasteiger partial charge in [0.15, 0.2) is 16.5 Å². The Morgan fingerprint density at radius 2 is 2.17 bits per heavy atom. The molecule has 0 aromatic carbocycles. The van der Waals surface area contributed by atoms with Crippen molar-refractivity contribution in [2.45, 2.75) is 13.0 Å². The first kappa shape index (κ1) is 16.1. The van der Waals surface area contributed by atoms with Gasteiger partial charge < -0.3 is 11.1 Å². The second-order valence-electron chi connectivity index (χ2n) is 4.88. The number of nitrogens with zero attached hydrogens (tertiary/aromatic N) is 6. The minimum Gasteiger partial charge on any atom is -0.350 e. The molecule has 0 bridgehead atoms. The van der Waals surface area contributed by atoms with Crippen molar-refractivity contribution in [3.05, 3.63) is 41.4 Å². The molecule has 3 aromatic heterocycles. The molecule has 0 aliphatic carbocycles. The zero-order valence-corrected chi connectivity index (χ0v) is 13.6. The maximum Gasteiger partial charge on any atom is 0.273 e. The van der Waals surface area contributed by atoms with Crippen LogP contribution in [0.4, 0.5) is 0 Å². The van der Waals surface area contributed by atoms with Gasteiger partial charge in [-0.1, -0.05) is 5.21 Å². The lowest BCUT2D eigenvalue weighted by atomic mass is 10.3. The second-order valence-corrected chi connectivity index (χ2v) is 5.74. The Labute approximate surface area is 142 Å². The van der Waals surface area contributed by atoms with Gasteiger partial charge in [-0.25, -0.2) is 15.0 Å². The predicted molar refractivity (Wildman–Crippen MR) is 88.3 cm³/mol. The Hall–Kier alpha value is -2.72. The molecule has 124 valence electrons. The van der Waals surface area contributed by atoms with Crippen molar-refractivity contribution in [1.29, 1.82) is 0 Å². The summed E-state index contributed by atoms with van der Waals surface area (Å²) in [7, 11) is 0. The Bertz CT molecular complexity index is 800. The van der Waals surface area contributed by atoms with E-state index in [1.165, 1.54) is 11.3 Å². The predicted octanol–water partition coefficient (Wildman–Crippen LogP) is 0.123. The van der Waals surface area contributed by atoms with Crippen molar-refractivity contribution in [2.24, 2.45) is 5.73 Å². The highest BCUT2D eigenvalue weighted by molar-refractivity contribution is 7.13. The van der Waals surface area contributed by atoms with Crippen LogP contribution in [0.1, 0.15) is 16.2 Å². The van der Waals surface area contributed by atoms with Crippen molar-refractivity contribution < 1.29 is 4.79 Å². The molecular formula is C14H16N8OS. The van der Waals surface area contributed by atoms with Crippen LogP contribution < -0.4 is 11.1 Å². The molecule has 0 unspecified atom stereocenters. The van der Waals surface area contributed by atoms with Gasteiger partial charge in [0.25, 0.3) is 5.91 Å². The smallest absolute Gasteiger partial charge is 0.273 e. The monoisotopic (exact) mass is 344 g/mol. The van der Waals surface area contributed by atoms with Gasteiger partial charge in [0.05, 0.1) is 18.4 Å². The molecule has 3 rings (SSSR count). The number of rotatable bonds is 7. The highest BCUT2D eigenvalue weighted by Crippen LogP contribution is 2.19. The van der Waals surface area contributed by atoms with Crippen LogP contribution in [-0.2, 0) is 13.0 Å². The molecule has 0 aliphatic rings. The normalized spacial score (nSPS) is 10.7. The summed E-state index contributed by atoms with van der Waals surface area (Å²) in [5.41, 5.74) is 6.59. The molecule has 0 saturated heterocycles. The molecule has 0 spiro atoms. The lowest BCUT2D eigenvalue weighted by molar-refractivity contribution is 0.0949. The molecule has 0 saturated carbocycles. The van der Waals surface area contributed by atoms with Gasteiger partial charge in [0.2, 0.25) is 0 Å². The fraction of sp³-hybridized carbons (Fsp3) is 0.286. The molecular weight excluding hydrogens is 328 g/mol. The SMILES string of the molecule is NCCn1cc(C(=O)NCCc2csc(-c3ncccn3)n2)nn1. The van der Waals surface area contributed by atoms with E-state index in [4.69, 9.17) is 5.73 Å². The first-order chi connectivity index (χ1) is 11.8. The fourth-order valence-corrected chi connectivity index (χ4v) is 2.77. The Morgan fingerprint density at radius 3 is 2.96 bits per heavy atom. The van der Waals surface area contributed by atoms with Gasteiger partial charge in [-0.3, -0.25) is 9.48 Å². The van der Waals surface area contributed by atoms with Gasteiger partial charge in [0, 0.05) is 37.3 Å². The molecule has 0 aliphatic heterocycles. The fourth-order valence-electron chi connectivity index (χ4n) is 1.97. The summed E-state index contributed by atoms with van der Waals surface area (Å²) in [6.07, 6.45) is 5.56. The Kier molecular flexibility index (Phi) is 5.18. The molecule has 0 fully saturated rings. The van der Waals surface area contributed by atoms with E-state index in [1.54, 1.807) is 29.3 Å². The minimum absolute atomic E-state index is 0.264. The lowest BCUT2D eigenvalue weighted by Gasteiger charge is -2.00. The minimum atomic E-state index is -0.264.